The van der Waals surface area contributed by atoms with Gasteiger partial charge in [0.05, 0.1) is 5.01 Å². The number of carbonyl (C=O) groups is 1. The van der Waals surface area contributed by atoms with Gasteiger partial charge in [0.25, 0.3) is 0 Å². The van der Waals surface area contributed by atoms with Crippen molar-refractivity contribution in [2.75, 3.05) is 19.6 Å². The van der Waals surface area contributed by atoms with Crippen LogP contribution in [-0.2, 0) is 11.2 Å². The van der Waals surface area contributed by atoms with Crippen molar-refractivity contribution in [1.29, 1.82) is 0 Å². The molecular weight excluding hydrogens is 246 g/mol. The number of rotatable bonds is 5. The summed E-state index contributed by atoms with van der Waals surface area (Å²) in [5.41, 5.74) is 1.07. The highest BCUT2D eigenvalue weighted by Crippen LogP contribution is 2.15. The average Bonchev–Trinajstić information content (AvgIpc) is 2.76. The third-order valence-electron chi connectivity index (χ3n) is 3.26. The Balaban J connectivity index is 1.62. The predicted molar refractivity (Wildman–Crippen MR) is 73.8 cm³/mol. The minimum Gasteiger partial charge on any atom is -0.356 e. The van der Waals surface area contributed by atoms with Gasteiger partial charge in [0, 0.05) is 30.5 Å². The van der Waals surface area contributed by atoms with Gasteiger partial charge in [0.1, 0.15) is 0 Å². The van der Waals surface area contributed by atoms with Crippen LogP contribution in [0.1, 0.15) is 30.0 Å². The number of thiazole rings is 1. The van der Waals surface area contributed by atoms with Gasteiger partial charge in [0.2, 0.25) is 5.91 Å². The molecule has 1 fully saturated rings. The van der Waals surface area contributed by atoms with Gasteiger partial charge in [-0.1, -0.05) is 0 Å². The van der Waals surface area contributed by atoms with Crippen LogP contribution in [0.5, 0.6) is 0 Å². The first-order valence-electron chi connectivity index (χ1n) is 6.62. The maximum Gasteiger partial charge on any atom is 0.220 e. The van der Waals surface area contributed by atoms with Crippen LogP contribution in [0.15, 0.2) is 5.38 Å². The molecule has 4 nitrogen and oxygen atoms in total. The first kappa shape index (κ1) is 13.5. The maximum atomic E-state index is 11.8. The van der Waals surface area contributed by atoms with Crippen molar-refractivity contribution in [1.82, 2.24) is 15.6 Å². The second kappa shape index (κ2) is 6.85. The number of nitrogens with one attached hydrogen (secondary N) is 2. The molecule has 0 spiro atoms. The number of amides is 1. The van der Waals surface area contributed by atoms with E-state index in [-0.39, 0.29) is 5.91 Å². The molecular formula is C13H21N3OS. The molecule has 0 aromatic carbocycles. The van der Waals surface area contributed by atoms with Crippen LogP contribution in [0, 0.1) is 12.8 Å². The van der Waals surface area contributed by atoms with Crippen molar-refractivity contribution in [2.24, 2.45) is 5.92 Å². The molecule has 1 amide bonds. The highest BCUT2D eigenvalue weighted by Gasteiger charge is 2.16. The quantitative estimate of drug-likeness (QED) is 0.850. The van der Waals surface area contributed by atoms with E-state index in [9.17, 15) is 4.79 Å². The van der Waals surface area contributed by atoms with Crippen LogP contribution in [0.3, 0.4) is 0 Å². The smallest absolute Gasteiger partial charge is 0.220 e. The van der Waals surface area contributed by atoms with Crippen molar-refractivity contribution in [3.63, 3.8) is 0 Å². The number of carbonyl (C=O) groups excluding carboxylic acids is 1. The molecule has 5 heteroatoms. The van der Waals surface area contributed by atoms with Gasteiger partial charge in [0.15, 0.2) is 0 Å². The molecule has 0 saturated carbocycles. The van der Waals surface area contributed by atoms with Crippen LogP contribution in [0.4, 0.5) is 0 Å². The lowest BCUT2D eigenvalue weighted by molar-refractivity contribution is -0.122. The highest BCUT2D eigenvalue weighted by molar-refractivity contribution is 7.09. The monoisotopic (exact) mass is 267 g/mol. The van der Waals surface area contributed by atoms with E-state index >= 15 is 0 Å². The molecule has 18 heavy (non-hydrogen) atoms. The Morgan fingerprint density at radius 3 is 3.00 bits per heavy atom. The van der Waals surface area contributed by atoms with Crippen LogP contribution in [0.2, 0.25) is 0 Å². The molecule has 2 heterocycles. The zero-order valence-electron chi connectivity index (χ0n) is 10.9. The Hall–Kier alpha value is -0.940. The van der Waals surface area contributed by atoms with Crippen LogP contribution in [0.25, 0.3) is 0 Å². The zero-order chi connectivity index (χ0) is 12.8. The number of nitrogens with zero attached hydrogens (tertiary/aromatic N) is 1. The van der Waals surface area contributed by atoms with Gasteiger partial charge in [-0.3, -0.25) is 4.79 Å². The summed E-state index contributed by atoms with van der Waals surface area (Å²) in [6, 6.07) is 0. The third kappa shape index (κ3) is 4.38. The molecule has 0 bridgehead atoms. The van der Waals surface area contributed by atoms with Crippen LogP contribution in [-0.4, -0.2) is 30.5 Å². The molecule has 1 saturated heterocycles. The van der Waals surface area contributed by atoms with E-state index in [0.717, 1.165) is 43.1 Å². The van der Waals surface area contributed by atoms with E-state index in [0.29, 0.717) is 18.9 Å². The lowest BCUT2D eigenvalue weighted by Crippen LogP contribution is -2.33. The van der Waals surface area contributed by atoms with Crippen molar-refractivity contribution in [3.8, 4) is 0 Å². The average molecular weight is 267 g/mol. The number of aromatic nitrogens is 1. The second-order valence-corrected chi connectivity index (χ2v) is 5.82. The highest BCUT2D eigenvalue weighted by atomic mass is 32.1. The molecule has 0 unspecified atom stereocenters. The molecule has 100 valence electrons. The van der Waals surface area contributed by atoms with Gasteiger partial charge in [-0.25, -0.2) is 4.98 Å². The molecule has 2 rings (SSSR count). The number of hydrogen-bond donors (Lipinski definition) is 2. The lowest BCUT2D eigenvalue weighted by Gasteiger charge is -2.21. The maximum absolute atomic E-state index is 11.8. The summed E-state index contributed by atoms with van der Waals surface area (Å²) < 4.78 is 0. The van der Waals surface area contributed by atoms with Gasteiger partial charge in [-0.15, -0.1) is 11.3 Å². The van der Waals surface area contributed by atoms with Crippen molar-refractivity contribution in [3.05, 3.63) is 16.1 Å². The molecule has 1 aromatic rings. The molecule has 2 N–H and O–H groups in total. The Morgan fingerprint density at radius 1 is 1.56 bits per heavy atom. The standard InChI is InChI=1S/C13H21N3OS/c1-10-9-18-13(16-10)4-7-15-12(17)8-11-2-5-14-6-3-11/h9,11,14H,2-8H2,1H3,(H,15,17). The van der Waals surface area contributed by atoms with E-state index in [1.807, 2.05) is 12.3 Å². The third-order valence-corrected chi connectivity index (χ3v) is 4.29. The molecule has 0 radical (unpaired) electrons. The summed E-state index contributed by atoms with van der Waals surface area (Å²) in [6.07, 6.45) is 3.77. The van der Waals surface area contributed by atoms with Gasteiger partial charge < -0.3 is 10.6 Å². The van der Waals surface area contributed by atoms with E-state index in [4.69, 9.17) is 0 Å². The van der Waals surface area contributed by atoms with Gasteiger partial charge in [-0.05, 0) is 38.8 Å². The zero-order valence-corrected chi connectivity index (χ0v) is 11.7. The Labute approximate surface area is 112 Å². The van der Waals surface area contributed by atoms with Crippen LogP contribution < -0.4 is 10.6 Å². The van der Waals surface area contributed by atoms with Gasteiger partial charge >= 0.3 is 0 Å². The summed E-state index contributed by atoms with van der Waals surface area (Å²) >= 11 is 1.67. The number of hydrogen-bond acceptors (Lipinski definition) is 4. The SMILES string of the molecule is Cc1csc(CCNC(=O)CC2CCNCC2)n1. The molecule has 0 aliphatic carbocycles. The van der Waals surface area contributed by atoms with E-state index in [2.05, 4.69) is 15.6 Å². The summed E-state index contributed by atoms with van der Waals surface area (Å²) in [5.74, 6) is 0.753. The van der Waals surface area contributed by atoms with E-state index < -0.39 is 0 Å². The van der Waals surface area contributed by atoms with Crippen LogP contribution >= 0.6 is 11.3 Å². The van der Waals surface area contributed by atoms with E-state index in [1.165, 1.54) is 0 Å². The van der Waals surface area contributed by atoms with E-state index in [1.54, 1.807) is 11.3 Å². The van der Waals surface area contributed by atoms with Crippen molar-refractivity contribution in [2.45, 2.75) is 32.6 Å². The minimum absolute atomic E-state index is 0.190. The first-order valence-corrected chi connectivity index (χ1v) is 7.50. The molecule has 1 aliphatic rings. The molecule has 1 aromatic heterocycles. The van der Waals surface area contributed by atoms with Crippen molar-refractivity contribution >= 4 is 17.2 Å². The Bertz CT molecular complexity index is 385. The molecule has 1 aliphatic heterocycles. The number of aryl methyl sites for hydroxylation is 1. The number of piperidine rings is 1. The fourth-order valence-electron chi connectivity index (χ4n) is 2.25. The fraction of sp³-hybridized carbons (Fsp3) is 0.692. The lowest BCUT2D eigenvalue weighted by atomic mass is 9.94. The largest absolute Gasteiger partial charge is 0.356 e. The van der Waals surface area contributed by atoms with Crippen molar-refractivity contribution < 1.29 is 4.79 Å². The topological polar surface area (TPSA) is 54.0 Å². The minimum atomic E-state index is 0.190. The summed E-state index contributed by atoms with van der Waals surface area (Å²) in [6.45, 7) is 4.80. The predicted octanol–water partition coefficient (Wildman–Crippen LogP) is 1.50. The summed E-state index contributed by atoms with van der Waals surface area (Å²) in [4.78, 5) is 16.1. The molecule has 0 atom stereocenters. The Morgan fingerprint density at radius 2 is 2.33 bits per heavy atom. The Kier molecular flexibility index (Phi) is 5.13. The fourth-order valence-corrected chi connectivity index (χ4v) is 3.02. The normalized spacial score (nSPS) is 16.7. The summed E-state index contributed by atoms with van der Waals surface area (Å²) in [7, 11) is 0. The first-order chi connectivity index (χ1) is 8.74. The van der Waals surface area contributed by atoms with Gasteiger partial charge in [-0.2, -0.15) is 0 Å². The summed E-state index contributed by atoms with van der Waals surface area (Å²) in [5, 5.41) is 9.47. The second-order valence-electron chi connectivity index (χ2n) is 4.88.